The lowest BCUT2D eigenvalue weighted by Gasteiger charge is -2.25. The van der Waals surface area contributed by atoms with Gasteiger partial charge in [0, 0.05) is 24.7 Å². The van der Waals surface area contributed by atoms with Crippen LogP contribution in [0.5, 0.6) is 0 Å². The van der Waals surface area contributed by atoms with E-state index in [1.165, 1.54) is 30.7 Å². The van der Waals surface area contributed by atoms with Crippen LogP contribution in [0.2, 0.25) is 0 Å². The molecule has 1 aliphatic rings. The monoisotopic (exact) mass is 277 g/mol. The van der Waals surface area contributed by atoms with Crippen molar-refractivity contribution >= 4 is 17.2 Å². The van der Waals surface area contributed by atoms with Crippen molar-refractivity contribution in [1.29, 1.82) is 0 Å². The topological polar surface area (TPSA) is 42.1 Å². The van der Waals surface area contributed by atoms with Crippen LogP contribution in [0.3, 0.4) is 0 Å². The van der Waals surface area contributed by atoms with E-state index in [0.29, 0.717) is 12.6 Å². The van der Waals surface area contributed by atoms with E-state index in [9.17, 15) is 4.39 Å². The largest absolute Gasteiger partial charge is 0.349 e. The zero-order chi connectivity index (χ0) is 13.2. The molecule has 0 aliphatic heterocycles. The molecule has 0 atom stereocenters. The maximum Gasteiger partial charge on any atom is 0.141 e. The smallest absolute Gasteiger partial charge is 0.141 e. The minimum atomic E-state index is -0.324. The first kappa shape index (κ1) is 12.6. The number of hydrogen-bond donors (Lipinski definition) is 1. The van der Waals surface area contributed by atoms with Crippen molar-refractivity contribution in [2.75, 3.05) is 4.90 Å². The molecule has 0 amide bonds. The Morgan fingerprint density at radius 1 is 1.47 bits per heavy atom. The summed E-state index contributed by atoms with van der Waals surface area (Å²) in [5.74, 6) is 0.507. The Balaban J connectivity index is 1.91. The third-order valence-corrected chi connectivity index (χ3v) is 4.05. The Morgan fingerprint density at radius 2 is 2.32 bits per heavy atom. The molecule has 3 rings (SSSR count). The Bertz CT molecular complexity index is 552. The third-order valence-electron chi connectivity index (χ3n) is 3.32. The van der Waals surface area contributed by atoms with E-state index in [-0.39, 0.29) is 5.82 Å². The van der Waals surface area contributed by atoms with Crippen LogP contribution in [-0.4, -0.2) is 11.0 Å². The predicted molar refractivity (Wildman–Crippen MR) is 75.6 cm³/mol. The highest BCUT2D eigenvalue weighted by Crippen LogP contribution is 2.34. The maximum atomic E-state index is 13.3. The number of thiophene rings is 1. The molecular formula is C14H16FN3S. The number of anilines is 1. The maximum absolute atomic E-state index is 13.3. The first-order valence-electron chi connectivity index (χ1n) is 6.40. The number of nitrogens with zero attached hydrogens (tertiary/aromatic N) is 2. The molecule has 100 valence electrons. The van der Waals surface area contributed by atoms with Crippen LogP contribution in [-0.2, 0) is 13.1 Å². The predicted octanol–water partition coefficient (Wildman–Crippen LogP) is 2.91. The van der Waals surface area contributed by atoms with Crippen LogP contribution in [0.4, 0.5) is 10.2 Å². The molecule has 0 unspecified atom stereocenters. The van der Waals surface area contributed by atoms with Gasteiger partial charge in [0.1, 0.15) is 11.6 Å². The van der Waals surface area contributed by atoms with E-state index >= 15 is 0 Å². The highest BCUT2D eigenvalue weighted by molar-refractivity contribution is 7.07. The molecule has 0 spiro atoms. The Labute approximate surface area is 115 Å². The molecule has 0 radical (unpaired) electrons. The number of aromatic nitrogens is 1. The number of pyridine rings is 1. The van der Waals surface area contributed by atoms with Crippen molar-refractivity contribution in [3.8, 4) is 0 Å². The Morgan fingerprint density at radius 3 is 2.95 bits per heavy atom. The lowest BCUT2D eigenvalue weighted by Crippen LogP contribution is -2.27. The molecule has 19 heavy (non-hydrogen) atoms. The molecule has 5 heteroatoms. The summed E-state index contributed by atoms with van der Waals surface area (Å²) in [4.78, 5) is 6.52. The van der Waals surface area contributed by atoms with Crippen molar-refractivity contribution in [3.05, 3.63) is 46.0 Å². The molecule has 2 N–H and O–H groups in total. The third kappa shape index (κ3) is 2.77. The summed E-state index contributed by atoms with van der Waals surface area (Å²) >= 11 is 1.69. The summed E-state index contributed by atoms with van der Waals surface area (Å²) in [7, 11) is 0. The second kappa shape index (κ2) is 5.27. The summed E-state index contributed by atoms with van der Waals surface area (Å²) in [6, 6.07) is 4.12. The van der Waals surface area contributed by atoms with Crippen LogP contribution in [0.15, 0.2) is 29.1 Å². The molecule has 2 aromatic rings. The second-order valence-electron chi connectivity index (χ2n) is 4.83. The molecule has 1 aliphatic carbocycles. The quantitative estimate of drug-likeness (QED) is 0.913. The van der Waals surface area contributed by atoms with Crippen molar-refractivity contribution in [2.24, 2.45) is 5.73 Å². The standard InChI is InChI=1S/C14H16FN3S/c15-12-5-11(6-16)14(17-7-12)18(13-1-2-13)8-10-3-4-19-9-10/h3-5,7,9,13H,1-2,6,8,16H2. The molecule has 0 saturated heterocycles. The lowest BCUT2D eigenvalue weighted by atomic mass is 10.2. The molecule has 3 nitrogen and oxygen atoms in total. The molecule has 0 aromatic carbocycles. The summed E-state index contributed by atoms with van der Waals surface area (Å²) in [6.45, 7) is 1.13. The van der Waals surface area contributed by atoms with Crippen molar-refractivity contribution in [2.45, 2.75) is 32.0 Å². The highest BCUT2D eigenvalue weighted by Gasteiger charge is 2.31. The highest BCUT2D eigenvalue weighted by atomic mass is 32.1. The Hall–Kier alpha value is -1.46. The fourth-order valence-electron chi connectivity index (χ4n) is 2.23. The Kier molecular flexibility index (Phi) is 3.48. The number of nitrogens with two attached hydrogens (primary N) is 1. The zero-order valence-electron chi connectivity index (χ0n) is 10.6. The SMILES string of the molecule is NCc1cc(F)cnc1N(Cc1ccsc1)C1CC1. The van der Waals surface area contributed by atoms with E-state index in [4.69, 9.17) is 5.73 Å². The van der Waals surface area contributed by atoms with Gasteiger partial charge in [-0.2, -0.15) is 11.3 Å². The van der Waals surface area contributed by atoms with Crippen LogP contribution in [0.1, 0.15) is 24.0 Å². The van der Waals surface area contributed by atoms with E-state index in [0.717, 1.165) is 17.9 Å². The fourth-order valence-corrected chi connectivity index (χ4v) is 2.89. The van der Waals surface area contributed by atoms with Crippen molar-refractivity contribution < 1.29 is 4.39 Å². The number of halogens is 1. The molecule has 2 heterocycles. The summed E-state index contributed by atoms with van der Waals surface area (Å²) < 4.78 is 13.3. The van der Waals surface area contributed by atoms with Gasteiger partial charge in [0.2, 0.25) is 0 Å². The molecule has 1 saturated carbocycles. The van der Waals surface area contributed by atoms with Gasteiger partial charge in [-0.25, -0.2) is 9.37 Å². The van der Waals surface area contributed by atoms with Gasteiger partial charge < -0.3 is 10.6 Å². The van der Waals surface area contributed by atoms with E-state index in [1.54, 1.807) is 11.3 Å². The number of hydrogen-bond acceptors (Lipinski definition) is 4. The van der Waals surface area contributed by atoms with Crippen LogP contribution in [0, 0.1) is 5.82 Å². The van der Waals surface area contributed by atoms with Gasteiger partial charge in [-0.1, -0.05) is 0 Å². The van der Waals surface area contributed by atoms with Gasteiger partial charge in [-0.3, -0.25) is 0 Å². The van der Waals surface area contributed by atoms with Crippen LogP contribution < -0.4 is 10.6 Å². The van der Waals surface area contributed by atoms with Gasteiger partial charge >= 0.3 is 0 Å². The minimum Gasteiger partial charge on any atom is -0.349 e. The van der Waals surface area contributed by atoms with E-state index in [1.807, 2.05) is 0 Å². The lowest BCUT2D eigenvalue weighted by molar-refractivity contribution is 0.616. The van der Waals surface area contributed by atoms with Gasteiger partial charge in [0.25, 0.3) is 0 Å². The average Bonchev–Trinajstić information content (AvgIpc) is 3.13. The van der Waals surface area contributed by atoms with Crippen molar-refractivity contribution in [1.82, 2.24) is 4.98 Å². The van der Waals surface area contributed by atoms with Crippen molar-refractivity contribution in [3.63, 3.8) is 0 Å². The van der Waals surface area contributed by atoms with E-state index < -0.39 is 0 Å². The zero-order valence-corrected chi connectivity index (χ0v) is 11.4. The average molecular weight is 277 g/mol. The molecule has 1 fully saturated rings. The van der Waals surface area contributed by atoms with Gasteiger partial charge in [-0.15, -0.1) is 0 Å². The normalized spacial score (nSPS) is 14.6. The van der Waals surface area contributed by atoms with Crippen LogP contribution >= 0.6 is 11.3 Å². The summed E-state index contributed by atoms with van der Waals surface area (Å²) in [6.07, 6.45) is 3.62. The molecular weight excluding hydrogens is 261 g/mol. The van der Waals surface area contributed by atoms with Gasteiger partial charge in [0.15, 0.2) is 0 Å². The van der Waals surface area contributed by atoms with Gasteiger partial charge in [-0.05, 0) is 41.3 Å². The molecule has 0 bridgehead atoms. The minimum absolute atomic E-state index is 0.312. The van der Waals surface area contributed by atoms with Gasteiger partial charge in [0.05, 0.1) is 6.20 Å². The van der Waals surface area contributed by atoms with Crippen LogP contribution in [0.25, 0.3) is 0 Å². The second-order valence-corrected chi connectivity index (χ2v) is 5.61. The van der Waals surface area contributed by atoms with E-state index in [2.05, 4.69) is 26.7 Å². The summed E-state index contributed by atoms with van der Waals surface area (Å²) in [5.41, 5.74) is 7.77. The number of rotatable bonds is 5. The fraction of sp³-hybridized carbons (Fsp3) is 0.357. The first-order valence-corrected chi connectivity index (χ1v) is 7.34. The molecule has 2 aromatic heterocycles. The first-order chi connectivity index (χ1) is 9.28. The summed E-state index contributed by atoms with van der Waals surface area (Å²) in [5, 5.41) is 4.21.